The molecule has 0 radical (unpaired) electrons. The maximum Gasteiger partial charge on any atom is 0.0630 e. The first-order valence-corrected chi connectivity index (χ1v) is 8.75. The standard InChI is InChI=1S/C21H26N2/c1-3-17(2)19-8-10-20(11-9-19)22-16-18-6-12-21(13-7-18)23-14-4-5-15-23/h6-13,16-17H,3-5,14-15H2,1-2H3. The van der Waals surface area contributed by atoms with Crippen molar-refractivity contribution in [2.75, 3.05) is 18.0 Å². The number of rotatable bonds is 5. The summed E-state index contributed by atoms with van der Waals surface area (Å²) in [5, 5.41) is 0. The molecule has 120 valence electrons. The topological polar surface area (TPSA) is 15.6 Å². The number of anilines is 1. The summed E-state index contributed by atoms with van der Waals surface area (Å²) in [6.07, 6.45) is 5.75. The van der Waals surface area contributed by atoms with E-state index in [1.807, 2.05) is 6.21 Å². The zero-order valence-electron chi connectivity index (χ0n) is 14.2. The third kappa shape index (κ3) is 4.01. The molecule has 0 spiro atoms. The summed E-state index contributed by atoms with van der Waals surface area (Å²) in [4.78, 5) is 7.04. The maximum atomic E-state index is 4.59. The van der Waals surface area contributed by atoms with Crippen molar-refractivity contribution in [3.8, 4) is 0 Å². The minimum atomic E-state index is 0.617. The van der Waals surface area contributed by atoms with Crippen LogP contribution in [0, 0.1) is 0 Å². The van der Waals surface area contributed by atoms with E-state index in [0.717, 1.165) is 11.3 Å². The van der Waals surface area contributed by atoms with Crippen LogP contribution in [0.4, 0.5) is 11.4 Å². The van der Waals surface area contributed by atoms with Crippen LogP contribution < -0.4 is 4.90 Å². The number of aliphatic imine (C=N–C) groups is 1. The molecule has 0 bridgehead atoms. The van der Waals surface area contributed by atoms with Gasteiger partial charge in [-0.05, 0) is 60.6 Å². The van der Waals surface area contributed by atoms with Gasteiger partial charge in [0.15, 0.2) is 0 Å². The van der Waals surface area contributed by atoms with E-state index in [9.17, 15) is 0 Å². The Kier molecular flexibility index (Phi) is 5.12. The Morgan fingerprint density at radius 1 is 1.00 bits per heavy atom. The maximum absolute atomic E-state index is 4.59. The summed E-state index contributed by atoms with van der Waals surface area (Å²) in [5.74, 6) is 0.617. The van der Waals surface area contributed by atoms with Crippen molar-refractivity contribution < 1.29 is 0 Å². The highest BCUT2D eigenvalue weighted by molar-refractivity contribution is 5.82. The van der Waals surface area contributed by atoms with Gasteiger partial charge in [-0.3, -0.25) is 4.99 Å². The predicted octanol–water partition coefficient (Wildman–Crippen LogP) is 5.55. The Bertz CT molecular complexity index is 635. The Labute approximate surface area is 139 Å². The molecular weight excluding hydrogens is 280 g/mol. The van der Waals surface area contributed by atoms with E-state index < -0.39 is 0 Å². The van der Waals surface area contributed by atoms with Crippen LogP contribution in [0.15, 0.2) is 53.5 Å². The van der Waals surface area contributed by atoms with Crippen molar-refractivity contribution >= 4 is 17.6 Å². The van der Waals surface area contributed by atoms with Crippen molar-refractivity contribution in [3.05, 3.63) is 59.7 Å². The Morgan fingerprint density at radius 3 is 2.26 bits per heavy atom. The fourth-order valence-corrected chi connectivity index (χ4v) is 3.02. The highest BCUT2D eigenvalue weighted by Crippen LogP contribution is 2.22. The number of hydrogen-bond acceptors (Lipinski definition) is 2. The van der Waals surface area contributed by atoms with Gasteiger partial charge in [-0.1, -0.05) is 38.1 Å². The second-order valence-electron chi connectivity index (χ2n) is 6.44. The lowest BCUT2D eigenvalue weighted by molar-refractivity contribution is 0.734. The van der Waals surface area contributed by atoms with Gasteiger partial charge in [-0.2, -0.15) is 0 Å². The van der Waals surface area contributed by atoms with Crippen LogP contribution in [-0.4, -0.2) is 19.3 Å². The molecule has 1 aliphatic rings. The molecule has 2 aromatic rings. The van der Waals surface area contributed by atoms with Crippen molar-refractivity contribution in [1.29, 1.82) is 0 Å². The summed E-state index contributed by atoms with van der Waals surface area (Å²) >= 11 is 0. The van der Waals surface area contributed by atoms with Gasteiger partial charge < -0.3 is 4.90 Å². The van der Waals surface area contributed by atoms with Gasteiger partial charge in [0.1, 0.15) is 0 Å². The first-order valence-electron chi connectivity index (χ1n) is 8.75. The summed E-state index contributed by atoms with van der Waals surface area (Å²) in [6, 6.07) is 17.3. The third-order valence-corrected chi connectivity index (χ3v) is 4.80. The molecule has 0 N–H and O–H groups in total. The highest BCUT2D eigenvalue weighted by atomic mass is 15.1. The van der Waals surface area contributed by atoms with E-state index in [4.69, 9.17) is 0 Å². The molecule has 2 nitrogen and oxygen atoms in total. The molecule has 23 heavy (non-hydrogen) atoms. The predicted molar refractivity (Wildman–Crippen MR) is 100 cm³/mol. The second kappa shape index (κ2) is 7.45. The monoisotopic (exact) mass is 306 g/mol. The number of benzene rings is 2. The molecule has 0 aliphatic carbocycles. The minimum absolute atomic E-state index is 0.617. The van der Waals surface area contributed by atoms with Crippen molar-refractivity contribution in [2.45, 2.75) is 39.0 Å². The molecular formula is C21H26N2. The van der Waals surface area contributed by atoms with Gasteiger partial charge in [0, 0.05) is 25.0 Å². The molecule has 1 fully saturated rings. The van der Waals surface area contributed by atoms with Crippen LogP contribution in [0.1, 0.15) is 50.2 Å². The summed E-state index contributed by atoms with van der Waals surface area (Å²) in [7, 11) is 0. The van der Waals surface area contributed by atoms with E-state index in [0.29, 0.717) is 5.92 Å². The number of hydrogen-bond donors (Lipinski definition) is 0. The van der Waals surface area contributed by atoms with Crippen LogP contribution in [-0.2, 0) is 0 Å². The Hall–Kier alpha value is -2.09. The van der Waals surface area contributed by atoms with E-state index in [2.05, 4.69) is 72.3 Å². The van der Waals surface area contributed by atoms with Crippen molar-refractivity contribution in [3.63, 3.8) is 0 Å². The van der Waals surface area contributed by atoms with E-state index in [1.165, 1.54) is 43.6 Å². The SMILES string of the molecule is CCC(C)c1ccc(N=Cc2ccc(N3CCCC3)cc2)cc1. The summed E-state index contributed by atoms with van der Waals surface area (Å²) in [6.45, 7) is 6.87. The van der Waals surface area contributed by atoms with Crippen LogP contribution in [0.2, 0.25) is 0 Å². The van der Waals surface area contributed by atoms with Crippen molar-refractivity contribution in [1.82, 2.24) is 0 Å². The zero-order chi connectivity index (χ0) is 16.1. The van der Waals surface area contributed by atoms with Gasteiger partial charge in [0.25, 0.3) is 0 Å². The molecule has 1 unspecified atom stereocenters. The molecule has 1 saturated heterocycles. The Morgan fingerprint density at radius 2 is 1.65 bits per heavy atom. The van der Waals surface area contributed by atoms with Gasteiger partial charge in [-0.15, -0.1) is 0 Å². The van der Waals surface area contributed by atoms with E-state index in [-0.39, 0.29) is 0 Å². The first-order chi connectivity index (χ1) is 11.3. The van der Waals surface area contributed by atoms with Gasteiger partial charge in [0.2, 0.25) is 0 Å². The fraction of sp³-hybridized carbons (Fsp3) is 0.381. The third-order valence-electron chi connectivity index (χ3n) is 4.80. The molecule has 0 amide bonds. The Balaban J connectivity index is 1.65. The average Bonchev–Trinajstić information content (AvgIpc) is 3.15. The largest absolute Gasteiger partial charge is 0.372 e. The fourth-order valence-electron chi connectivity index (χ4n) is 3.02. The molecule has 3 rings (SSSR count). The summed E-state index contributed by atoms with van der Waals surface area (Å²) in [5.41, 5.74) is 4.89. The molecule has 0 aromatic heterocycles. The lowest BCUT2D eigenvalue weighted by Gasteiger charge is -2.17. The van der Waals surface area contributed by atoms with Gasteiger partial charge in [0.05, 0.1) is 5.69 Å². The molecule has 2 aromatic carbocycles. The number of nitrogens with zero attached hydrogens (tertiary/aromatic N) is 2. The van der Waals surface area contributed by atoms with Gasteiger partial charge >= 0.3 is 0 Å². The molecule has 2 heteroatoms. The normalized spacial score (nSPS) is 16.2. The summed E-state index contributed by atoms with van der Waals surface area (Å²) < 4.78 is 0. The van der Waals surface area contributed by atoms with Crippen LogP contribution >= 0.6 is 0 Å². The van der Waals surface area contributed by atoms with Crippen LogP contribution in [0.5, 0.6) is 0 Å². The van der Waals surface area contributed by atoms with Crippen LogP contribution in [0.25, 0.3) is 0 Å². The highest BCUT2D eigenvalue weighted by Gasteiger charge is 2.11. The quantitative estimate of drug-likeness (QED) is 0.661. The molecule has 0 saturated carbocycles. The van der Waals surface area contributed by atoms with Gasteiger partial charge in [-0.25, -0.2) is 0 Å². The minimum Gasteiger partial charge on any atom is -0.372 e. The van der Waals surface area contributed by atoms with Crippen molar-refractivity contribution in [2.24, 2.45) is 4.99 Å². The molecule has 1 atom stereocenters. The smallest absolute Gasteiger partial charge is 0.0630 e. The first kappa shape index (κ1) is 15.8. The van der Waals surface area contributed by atoms with Crippen LogP contribution in [0.3, 0.4) is 0 Å². The average molecular weight is 306 g/mol. The van der Waals surface area contributed by atoms with E-state index >= 15 is 0 Å². The second-order valence-corrected chi connectivity index (χ2v) is 6.44. The molecule has 1 heterocycles. The lowest BCUT2D eigenvalue weighted by Crippen LogP contribution is -2.17. The van der Waals surface area contributed by atoms with E-state index in [1.54, 1.807) is 0 Å². The lowest BCUT2D eigenvalue weighted by atomic mass is 9.99. The molecule has 1 aliphatic heterocycles. The zero-order valence-corrected chi connectivity index (χ0v) is 14.2.